The van der Waals surface area contributed by atoms with Crippen LogP contribution in [-0.4, -0.2) is 17.0 Å². The molecule has 0 fully saturated rings. The molecule has 1 atom stereocenters. The predicted octanol–water partition coefficient (Wildman–Crippen LogP) is 2.91. The smallest absolute Gasteiger partial charge is 0.154 e. The molecule has 1 heterocycles. The molecular formula is C14H16N2O. The van der Waals surface area contributed by atoms with Gasteiger partial charge in [-0.1, -0.05) is 30.3 Å². The van der Waals surface area contributed by atoms with Crippen LogP contribution in [-0.2, 0) is 4.79 Å². The van der Waals surface area contributed by atoms with Crippen molar-refractivity contribution in [1.29, 1.82) is 0 Å². The Balaban J connectivity index is 2.23. The summed E-state index contributed by atoms with van der Waals surface area (Å²) < 4.78 is 0. The number of hydrogen-bond acceptors (Lipinski definition) is 3. The van der Waals surface area contributed by atoms with Gasteiger partial charge in [-0.3, -0.25) is 9.80 Å². The number of rotatable bonds is 3. The van der Waals surface area contributed by atoms with Crippen LogP contribution < -0.4 is 0 Å². The third-order valence-electron chi connectivity index (χ3n) is 2.79. The number of carbonyl (C=O) groups excluding carboxylic acids is 1. The first-order valence-electron chi connectivity index (χ1n) is 5.74. The summed E-state index contributed by atoms with van der Waals surface area (Å²) in [6.45, 7) is 3.47. The van der Waals surface area contributed by atoms with E-state index in [0.29, 0.717) is 0 Å². The minimum atomic E-state index is 0.0522. The second kappa shape index (κ2) is 4.95. The van der Waals surface area contributed by atoms with Crippen molar-refractivity contribution in [1.82, 2.24) is 5.01 Å². The van der Waals surface area contributed by atoms with Crippen molar-refractivity contribution in [2.24, 2.45) is 5.10 Å². The Labute approximate surface area is 101 Å². The number of allylic oxidation sites excluding steroid dienone is 2. The minimum absolute atomic E-state index is 0.0522. The van der Waals surface area contributed by atoms with Gasteiger partial charge in [0, 0.05) is 24.4 Å². The highest BCUT2D eigenvalue weighted by molar-refractivity contribution is 5.87. The molecule has 0 saturated heterocycles. The molecule has 0 aliphatic carbocycles. The standard InChI is InChI=1S/C14H16N2O/c1-11(10-12(2)17)16-14(8-9-15-16)13-6-4-3-5-7-13/h3-7,9-10,14H,8H2,1-2H3/t14-/m1/s1. The molecule has 0 radical (unpaired) electrons. The lowest BCUT2D eigenvalue weighted by molar-refractivity contribution is -0.112. The van der Waals surface area contributed by atoms with E-state index in [0.717, 1.165) is 12.1 Å². The molecule has 0 aromatic heterocycles. The summed E-state index contributed by atoms with van der Waals surface area (Å²) in [4.78, 5) is 11.1. The summed E-state index contributed by atoms with van der Waals surface area (Å²) >= 11 is 0. The van der Waals surface area contributed by atoms with Gasteiger partial charge in [0.1, 0.15) is 0 Å². The summed E-state index contributed by atoms with van der Waals surface area (Å²) in [7, 11) is 0. The normalized spacial score (nSPS) is 19.8. The Morgan fingerprint density at radius 2 is 2.06 bits per heavy atom. The highest BCUT2D eigenvalue weighted by Crippen LogP contribution is 2.30. The van der Waals surface area contributed by atoms with Crippen molar-refractivity contribution >= 4 is 12.0 Å². The van der Waals surface area contributed by atoms with Gasteiger partial charge in [0.15, 0.2) is 5.78 Å². The Bertz CT molecular complexity index is 462. The summed E-state index contributed by atoms with van der Waals surface area (Å²) in [5.41, 5.74) is 2.11. The number of hydrogen-bond donors (Lipinski definition) is 0. The quantitative estimate of drug-likeness (QED) is 0.745. The first kappa shape index (κ1) is 11.6. The predicted molar refractivity (Wildman–Crippen MR) is 68.6 cm³/mol. The van der Waals surface area contributed by atoms with E-state index in [2.05, 4.69) is 17.2 Å². The molecule has 0 N–H and O–H groups in total. The first-order valence-corrected chi connectivity index (χ1v) is 5.74. The molecule has 3 nitrogen and oxygen atoms in total. The molecule has 1 aromatic rings. The van der Waals surface area contributed by atoms with Crippen LogP contribution in [0.1, 0.15) is 31.9 Å². The van der Waals surface area contributed by atoms with Gasteiger partial charge < -0.3 is 0 Å². The fraction of sp³-hybridized carbons (Fsp3) is 0.286. The van der Waals surface area contributed by atoms with Gasteiger partial charge in [-0.15, -0.1) is 0 Å². The molecule has 0 bridgehead atoms. The largest absolute Gasteiger partial charge is 0.295 e. The van der Waals surface area contributed by atoms with Gasteiger partial charge in [-0.25, -0.2) is 0 Å². The van der Waals surface area contributed by atoms with E-state index >= 15 is 0 Å². The highest BCUT2D eigenvalue weighted by atomic mass is 16.1. The maximum atomic E-state index is 11.1. The van der Waals surface area contributed by atoms with Gasteiger partial charge in [0.05, 0.1) is 6.04 Å². The van der Waals surface area contributed by atoms with E-state index in [1.807, 2.05) is 36.3 Å². The van der Waals surface area contributed by atoms with Crippen LogP contribution in [0.25, 0.3) is 0 Å². The van der Waals surface area contributed by atoms with Crippen LogP contribution in [0.4, 0.5) is 0 Å². The molecule has 0 unspecified atom stereocenters. The third-order valence-corrected chi connectivity index (χ3v) is 2.79. The van der Waals surface area contributed by atoms with Gasteiger partial charge in [-0.2, -0.15) is 5.10 Å². The van der Waals surface area contributed by atoms with Crippen molar-refractivity contribution in [3.8, 4) is 0 Å². The van der Waals surface area contributed by atoms with Crippen molar-refractivity contribution < 1.29 is 4.79 Å². The average Bonchev–Trinajstić information content (AvgIpc) is 2.78. The van der Waals surface area contributed by atoms with E-state index in [-0.39, 0.29) is 11.8 Å². The van der Waals surface area contributed by atoms with Crippen LogP contribution in [0.15, 0.2) is 47.2 Å². The Kier molecular flexibility index (Phi) is 3.38. The van der Waals surface area contributed by atoms with E-state index in [4.69, 9.17) is 0 Å². The summed E-state index contributed by atoms with van der Waals surface area (Å²) in [6, 6.07) is 10.4. The molecule has 0 saturated carbocycles. The average molecular weight is 228 g/mol. The van der Waals surface area contributed by atoms with Gasteiger partial charge in [0.2, 0.25) is 0 Å². The first-order chi connectivity index (χ1) is 8.18. The molecule has 1 aliphatic heterocycles. The highest BCUT2D eigenvalue weighted by Gasteiger charge is 2.23. The van der Waals surface area contributed by atoms with Gasteiger partial charge in [0.25, 0.3) is 0 Å². The zero-order valence-corrected chi connectivity index (χ0v) is 10.1. The molecule has 0 amide bonds. The van der Waals surface area contributed by atoms with E-state index in [1.54, 1.807) is 13.0 Å². The molecule has 88 valence electrons. The fourth-order valence-electron chi connectivity index (χ4n) is 2.06. The van der Waals surface area contributed by atoms with Gasteiger partial charge in [-0.05, 0) is 19.4 Å². The monoisotopic (exact) mass is 228 g/mol. The topological polar surface area (TPSA) is 32.7 Å². The minimum Gasteiger partial charge on any atom is -0.295 e. The number of nitrogens with zero attached hydrogens (tertiary/aromatic N) is 2. The summed E-state index contributed by atoms with van der Waals surface area (Å²) in [5.74, 6) is 0.0522. The van der Waals surface area contributed by atoms with Gasteiger partial charge >= 0.3 is 0 Å². The lowest BCUT2D eigenvalue weighted by atomic mass is 10.0. The van der Waals surface area contributed by atoms with Crippen LogP contribution in [0.5, 0.6) is 0 Å². The summed E-state index contributed by atoms with van der Waals surface area (Å²) in [6.07, 6.45) is 4.40. The molecule has 0 spiro atoms. The number of ketones is 1. The molecule has 3 heteroatoms. The van der Waals surface area contributed by atoms with Crippen LogP contribution in [0, 0.1) is 0 Å². The molecule has 1 aromatic carbocycles. The Hall–Kier alpha value is -1.90. The number of benzene rings is 1. The number of hydrazone groups is 1. The lowest BCUT2D eigenvalue weighted by Crippen LogP contribution is -2.18. The maximum Gasteiger partial charge on any atom is 0.154 e. The lowest BCUT2D eigenvalue weighted by Gasteiger charge is -2.24. The zero-order valence-electron chi connectivity index (χ0n) is 10.1. The third kappa shape index (κ3) is 2.61. The van der Waals surface area contributed by atoms with Crippen LogP contribution in [0.2, 0.25) is 0 Å². The molecule has 2 rings (SSSR count). The van der Waals surface area contributed by atoms with Crippen molar-refractivity contribution in [2.45, 2.75) is 26.3 Å². The molecular weight excluding hydrogens is 212 g/mol. The Morgan fingerprint density at radius 1 is 1.35 bits per heavy atom. The van der Waals surface area contributed by atoms with Crippen molar-refractivity contribution in [2.75, 3.05) is 0 Å². The maximum absolute atomic E-state index is 11.1. The number of carbonyl (C=O) groups is 1. The van der Waals surface area contributed by atoms with Crippen molar-refractivity contribution in [3.63, 3.8) is 0 Å². The molecule has 1 aliphatic rings. The van der Waals surface area contributed by atoms with Crippen LogP contribution in [0.3, 0.4) is 0 Å². The van der Waals surface area contributed by atoms with Crippen molar-refractivity contribution in [3.05, 3.63) is 47.7 Å². The molecule has 17 heavy (non-hydrogen) atoms. The van der Waals surface area contributed by atoms with E-state index in [1.165, 1.54) is 5.56 Å². The van der Waals surface area contributed by atoms with E-state index < -0.39 is 0 Å². The second-order valence-corrected chi connectivity index (χ2v) is 4.20. The summed E-state index contributed by atoms with van der Waals surface area (Å²) in [5, 5.41) is 6.25. The van der Waals surface area contributed by atoms with Crippen LogP contribution >= 0.6 is 0 Å². The van der Waals surface area contributed by atoms with E-state index in [9.17, 15) is 4.79 Å². The SMILES string of the molecule is CC(=O)C=C(C)N1N=CC[C@@H]1c1ccccc1. The zero-order chi connectivity index (χ0) is 12.3. The second-order valence-electron chi connectivity index (χ2n) is 4.20. The fourth-order valence-corrected chi connectivity index (χ4v) is 2.06. The Morgan fingerprint density at radius 3 is 2.71 bits per heavy atom.